The van der Waals surface area contributed by atoms with Crippen LogP contribution in [-0.4, -0.2) is 32.3 Å². The summed E-state index contributed by atoms with van der Waals surface area (Å²) in [5.74, 6) is -1.14. The van der Waals surface area contributed by atoms with E-state index < -0.39 is 17.9 Å². The number of carbonyl (C=O) groups excluding carboxylic acids is 2. The Balaban J connectivity index is 2.25. The quantitative estimate of drug-likeness (QED) is 0.635. The molecule has 6 nitrogen and oxygen atoms in total. The molecule has 1 heterocycles. The second-order valence-electron chi connectivity index (χ2n) is 7.11. The Morgan fingerprint density at radius 2 is 1.84 bits per heavy atom. The molecule has 0 aromatic heterocycles. The lowest BCUT2D eigenvalue weighted by molar-refractivity contribution is -0.149. The van der Waals surface area contributed by atoms with E-state index in [4.69, 9.17) is 9.47 Å². The minimum atomic E-state index is -0.699. The van der Waals surface area contributed by atoms with Crippen LogP contribution in [0.25, 0.3) is 0 Å². The number of ether oxygens (including phenoxy) is 2. The van der Waals surface area contributed by atoms with Gasteiger partial charge < -0.3 is 20.1 Å². The van der Waals surface area contributed by atoms with E-state index in [0.29, 0.717) is 12.3 Å². The van der Waals surface area contributed by atoms with Crippen LogP contribution < -0.4 is 10.6 Å². The van der Waals surface area contributed by atoms with Crippen molar-refractivity contribution < 1.29 is 19.1 Å². The molecule has 2 rings (SSSR count). The van der Waals surface area contributed by atoms with Crippen molar-refractivity contribution in [1.29, 1.82) is 0 Å². The van der Waals surface area contributed by atoms with E-state index in [9.17, 15) is 9.59 Å². The third kappa shape index (κ3) is 4.60. The Kier molecular flexibility index (Phi) is 5.85. The van der Waals surface area contributed by atoms with Crippen molar-refractivity contribution in [2.75, 3.05) is 20.3 Å². The number of hydrogen-bond acceptors (Lipinski definition) is 4. The maximum absolute atomic E-state index is 12.5. The van der Waals surface area contributed by atoms with Crippen LogP contribution in [0, 0.1) is 5.92 Å². The zero-order valence-corrected chi connectivity index (χ0v) is 15.2. The average molecular weight is 346 g/mol. The van der Waals surface area contributed by atoms with Gasteiger partial charge in [-0.1, -0.05) is 51.6 Å². The fourth-order valence-corrected chi connectivity index (χ4v) is 2.75. The summed E-state index contributed by atoms with van der Waals surface area (Å²) in [5.41, 5.74) is 2.36. The van der Waals surface area contributed by atoms with E-state index >= 15 is 0 Å². The van der Waals surface area contributed by atoms with Gasteiger partial charge in [-0.15, -0.1) is 0 Å². The maximum atomic E-state index is 12.5. The Morgan fingerprint density at radius 1 is 1.20 bits per heavy atom. The molecule has 2 amide bonds. The number of nitrogens with one attached hydrogen (secondary N) is 2. The Bertz CT molecular complexity index is 646. The van der Waals surface area contributed by atoms with Gasteiger partial charge >= 0.3 is 12.0 Å². The van der Waals surface area contributed by atoms with Gasteiger partial charge in [0.05, 0.1) is 12.6 Å². The van der Waals surface area contributed by atoms with Gasteiger partial charge in [0, 0.05) is 12.8 Å². The minimum Gasteiger partial charge on any atom is -0.463 e. The molecule has 1 aromatic carbocycles. The molecule has 6 heteroatoms. The smallest absolute Gasteiger partial charge is 0.319 e. The first-order valence-electron chi connectivity index (χ1n) is 8.26. The van der Waals surface area contributed by atoms with Gasteiger partial charge in [-0.05, 0) is 16.5 Å². The summed E-state index contributed by atoms with van der Waals surface area (Å²) in [5, 5.41) is 5.36. The van der Waals surface area contributed by atoms with Gasteiger partial charge in [-0.2, -0.15) is 0 Å². The first kappa shape index (κ1) is 19.0. The van der Waals surface area contributed by atoms with Gasteiger partial charge in [0.1, 0.15) is 12.5 Å². The van der Waals surface area contributed by atoms with E-state index in [-0.39, 0.29) is 18.1 Å². The predicted octanol–water partition coefficient (Wildman–Crippen LogP) is 2.66. The molecule has 1 aromatic rings. The molecule has 0 spiro atoms. The van der Waals surface area contributed by atoms with Gasteiger partial charge in [0.2, 0.25) is 0 Å². The third-order valence-corrected chi connectivity index (χ3v) is 4.19. The Labute approximate surface area is 148 Å². The number of hydrogen-bond donors (Lipinski definition) is 2. The normalized spacial score (nSPS) is 20.6. The lowest BCUT2D eigenvalue weighted by Gasteiger charge is -2.33. The molecule has 0 radical (unpaired) electrons. The van der Waals surface area contributed by atoms with Crippen molar-refractivity contribution in [3.8, 4) is 0 Å². The number of benzene rings is 1. The summed E-state index contributed by atoms with van der Waals surface area (Å²) in [4.78, 5) is 24.3. The average Bonchev–Trinajstić information content (AvgIpc) is 2.53. The first-order chi connectivity index (χ1) is 11.7. The maximum Gasteiger partial charge on any atom is 0.319 e. The summed E-state index contributed by atoms with van der Waals surface area (Å²) in [7, 11) is 1.54. The topological polar surface area (TPSA) is 76.7 Å². The number of amides is 2. The number of urea groups is 1. The van der Waals surface area contributed by atoms with Crippen LogP contribution >= 0.6 is 0 Å². The van der Waals surface area contributed by atoms with Crippen molar-refractivity contribution in [2.45, 2.75) is 32.2 Å². The third-order valence-electron chi connectivity index (χ3n) is 4.19. The zero-order chi connectivity index (χ0) is 18.6. The summed E-state index contributed by atoms with van der Waals surface area (Å²) < 4.78 is 10.1. The molecule has 0 saturated carbocycles. The lowest BCUT2D eigenvalue weighted by Crippen LogP contribution is -2.51. The molecule has 0 aliphatic carbocycles. The monoisotopic (exact) mass is 346 g/mol. The summed E-state index contributed by atoms with van der Waals surface area (Å²) in [6.45, 7) is 10.7. The SMILES string of the molecule is C=C1NC(=O)N[C@H](c2ccc(C(C)(C)C)cc2)[C@H]1C(=O)OCCOC. The molecule has 1 aliphatic heterocycles. The molecule has 1 aliphatic rings. The van der Waals surface area contributed by atoms with Crippen molar-refractivity contribution in [3.05, 3.63) is 47.7 Å². The highest BCUT2D eigenvalue weighted by molar-refractivity contribution is 5.85. The largest absolute Gasteiger partial charge is 0.463 e. The van der Waals surface area contributed by atoms with Crippen molar-refractivity contribution in [1.82, 2.24) is 10.6 Å². The highest BCUT2D eigenvalue weighted by Crippen LogP contribution is 2.32. The van der Waals surface area contributed by atoms with Crippen LogP contribution in [0.15, 0.2) is 36.5 Å². The van der Waals surface area contributed by atoms with Crippen molar-refractivity contribution in [3.63, 3.8) is 0 Å². The highest BCUT2D eigenvalue weighted by atomic mass is 16.6. The van der Waals surface area contributed by atoms with Crippen LogP contribution in [0.1, 0.15) is 37.9 Å². The molecule has 25 heavy (non-hydrogen) atoms. The van der Waals surface area contributed by atoms with Gasteiger partial charge in [0.15, 0.2) is 0 Å². The van der Waals surface area contributed by atoms with Gasteiger partial charge in [0.25, 0.3) is 0 Å². The fourth-order valence-electron chi connectivity index (χ4n) is 2.75. The Hall–Kier alpha value is -2.34. The van der Waals surface area contributed by atoms with E-state index in [0.717, 1.165) is 5.56 Å². The summed E-state index contributed by atoms with van der Waals surface area (Å²) in [6, 6.07) is 6.99. The van der Waals surface area contributed by atoms with E-state index in [1.807, 2.05) is 24.3 Å². The lowest BCUT2D eigenvalue weighted by atomic mass is 9.84. The van der Waals surface area contributed by atoms with Gasteiger partial charge in [-0.25, -0.2) is 4.79 Å². The van der Waals surface area contributed by atoms with Crippen molar-refractivity contribution >= 4 is 12.0 Å². The standard InChI is InChI=1S/C19H26N2O4/c1-12-15(17(22)25-11-10-24-5)16(21-18(23)20-12)13-6-8-14(9-7-13)19(2,3)4/h6-9,15-16H,1,10-11H2,2-5H3,(H2,20,21,23)/t15-,16+/m0/s1. The van der Waals surface area contributed by atoms with E-state index in [2.05, 4.69) is 38.0 Å². The molecular formula is C19H26N2O4. The van der Waals surface area contributed by atoms with Gasteiger partial charge in [-0.3, -0.25) is 4.79 Å². The number of esters is 1. The molecule has 1 fully saturated rings. The number of methoxy groups -OCH3 is 1. The summed E-state index contributed by atoms with van der Waals surface area (Å²) >= 11 is 0. The molecule has 1 saturated heterocycles. The minimum absolute atomic E-state index is 0.0258. The van der Waals surface area contributed by atoms with Crippen LogP contribution in [0.4, 0.5) is 4.79 Å². The highest BCUT2D eigenvalue weighted by Gasteiger charge is 2.38. The second-order valence-corrected chi connectivity index (χ2v) is 7.11. The number of rotatable bonds is 5. The van der Waals surface area contributed by atoms with Crippen molar-refractivity contribution in [2.24, 2.45) is 5.92 Å². The van der Waals surface area contributed by atoms with Crippen LogP contribution in [-0.2, 0) is 19.7 Å². The first-order valence-corrected chi connectivity index (χ1v) is 8.26. The van der Waals surface area contributed by atoms with Crippen LogP contribution in [0.2, 0.25) is 0 Å². The fraction of sp³-hybridized carbons (Fsp3) is 0.474. The molecule has 136 valence electrons. The van der Waals surface area contributed by atoms with Crippen LogP contribution in [0.3, 0.4) is 0 Å². The van der Waals surface area contributed by atoms with E-state index in [1.54, 1.807) is 0 Å². The Morgan fingerprint density at radius 3 is 2.40 bits per heavy atom. The molecular weight excluding hydrogens is 320 g/mol. The van der Waals surface area contributed by atoms with Crippen LogP contribution in [0.5, 0.6) is 0 Å². The molecule has 2 atom stereocenters. The molecule has 2 N–H and O–H groups in total. The van der Waals surface area contributed by atoms with E-state index in [1.165, 1.54) is 12.7 Å². The second kappa shape index (κ2) is 7.70. The molecule has 0 bridgehead atoms. The molecule has 0 unspecified atom stereocenters. The number of carbonyl (C=O) groups is 2. The predicted molar refractivity (Wildman–Crippen MR) is 95.0 cm³/mol. The summed E-state index contributed by atoms with van der Waals surface area (Å²) in [6.07, 6.45) is 0. The zero-order valence-electron chi connectivity index (χ0n) is 15.2.